The van der Waals surface area contributed by atoms with Crippen LogP contribution in [0.1, 0.15) is 46.0 Å². The number of hydrogen-bond acceptors (Lipinski definition) is 0. The smallest absolute Gasteiger partial charge is 0.0284 e. The molecule has 4 rings (SSSR count). The van der Waals surface area contributed by atoms with Crippen molar-refractivity contribution in [3.63, 3.8) is 0 Å². The lowest BCUT2D eigenvalue weighted by Gasteiger charge is -2.60. The second kappa shape index (κ2) is 1.91. The van der Waals surface area contributed by atoms with Crippen molar-refractivity contribution in [1.82, 2.24) is 0 Å². The summed E-state index contributed by atoms with van der Waals surface area (Å²) in [7, 11) is 0. The van der Waals surface area contributed by atoms with Crippen LogP contribution >= 0.6 is 0 Å². The second-order valence-corrected chi connectivity index (χ2v) is 6.28. The van der Waals surface area contributed by atoms with Crippen LogP contribution < -0.4 is 0 Å². The summed E-state index contributed by atoms with van der Waals surface area (Å²) in [6.07, 6.45) is 10.2. The van der Waals surface area contributed by atoms with Crippen molar-refractivity contribution in [2.75, 3.05) is 0 Å². The molecule has 0 saturated heterocycles. The Morgan fingerprint density at radius 2 is 2.00 bits per heavy atom. The van der Waals surface area contributed by atoms with Gasteiger partial charge in [-0.1, -0.05) is 13.8 Å². The lowest BCUT2D eigenvalue weighted by Crippen LogP contribution is -2.49. The largest absolute Gasteiger partial charge is 0.0596 e. The maximum atomic E-state index is 2.68. The third kappa shape index (κ3) is 0.900. The highest BCUT2D eigenvalue weighted by atomic mass is 14.6. The highest BCUT2D eigenvalue weighted by Crippen LogP contribution is 2.64. The van der Waals surface area contributed by atoms with Crippen molar-refractivity contribution in [2.45, 2.75) is 46.0 Å². The van der Waals surface area contributed by atoms with Crippen molar-refractivity contribution >= 4 is 0 Å². The fourth-order valence-corrected chi connectivity index (χ4v) is 4.84. The Balaban J connectivity index is 1.98. The summed E-state index contributed by atoms with van der Waals surface area (Å²) in [5.74, 6) is 2.07. The van der Waals surface area contributed by atoms with Crippen LogP contribution in [0.25, 0.3) is 0 Å². The third-order valence-electron chi connectivity index (χ3n) is 4.40. The first-order valence-corrected chi connectivity index (χ1v) is 5.43. The van der Waals surface area contributed by atoms with Crippen LogP contribution in [0.2, 0.25) is 0 Å². The Labute approximate surface area is 75.7 Å². The molecule has 0 aliphatic heterocycles. The molecule has 4 saturated carbocycles. The fraction of sp³-hybridized carbons (Fsp3) is 0.917. The first-order valence-electron chi connectivity index (χ1n) is 5.43. The molecule has 0 aromatic carbocycles. The molecular weight excluding hydrogens is 144 g/mol. The molecule has 4 aliphatic carbocycles. The van der Waals surface area contributed by atoms with E-state index in [0.717, 1.165) is 17.3 Å². The van der Waals surface area contributed by atoms with Gasteiger partial charge in [-0.3, -0.25) is 0 Å². The fourth-order valence-electron chi connectivity index (χ4n) is 4.84. The van der Waals surface area contributed by atoms with Crippen molar-refractivity contribution in [2.24, 2.45) is 22.7 Å². The molecule has 0 heteroatoms. The zero-order chi connectivity index (χ0) is 8.40. The van der Waals surface area contributed by atoms with Gasteiger partial charge in [0.2, 0.25) is 0 Å². The Morgan fingerprint density at radius 1 is 1.17 bits per heavy atom. The minimum absolute atomic E-state index is 0.638. The first kappa shape index (κ1) is 7.41. The molecule has 4 bridgehead atoms. The van der Waals surface area contributed by atoms with Crippen molar-refractivity contribution in [1.29, 1.82) is 0 Å². The van der Waals surface area contributed by atoms with Gasteiger partial charge in [0.25, 0.3) is 0 Å². The van der Waals surface area contributed by atoms with Gasteiger partial charge < -0.3 is 0 Å². The highest BCUT2D eigenvalue weighted by molar-refractivity contribution is 5.12. The van der Waals surface area contributed by atoms with E-state index in [1.54, 1.807) is 0 Å². The van der Waals surface area contributed by atoms with Crippen LogP contribution in [0.4, 0.5) is 0 Å². The molecule has 12 heavy (non-hydrogen) atoms. The van der Waals surface area contributed by atoms with E-state index < -0.39 is 0 Å². The molecule has 0 spiro atoms. The molecule has 4 atom stereocenters. The SMILES string of the molecule is CC12[CH]C3CC(C1)CC(C)(C3)C2. The molecule has 0 heterocycles. The summed E-state index contributed by atoms with van der Waals surface area (Å²) in [6.45, 7) is 5.01. The van der Waals surface area contributed by atoms with Crippen LogP contribution in [0.15, 0.2) is 0 Å². The van der Waals surface area contributed by atoms with Crippen molar-refractivity contribution < 1.29 is 0 Å². The first-order chi connectivity index (χ1) is 5.57. The molecule has 4 aliphatic rings. The lowest BCUT2D eigenvalue weighted by atomic mass is 9.45. The monoisotopic (exact) mass is 163 g/mol. The van der Waals surface area contributed by atoms with Crippen molar-refractivity contribution in [3.05, 3.63) is 6.42 Å². The van der Waals surface area contributed by atoms with E-state index in [4.69, 9.17) is 0 Å². The minimum atomic E-state index is 0.638. The van der Waals surface area contributed by atoms with Gasteiger partial charge in [0, 0.05) is 0 Å². The average Bonchev–Trinajstić information content (AvgIpc) is 1.75. The zero-order valence-corrected chi connectivity index (χ0v) is 8.27. The van der Waals surface area contributed by atoms with E-state index in [-0.39, 0.29) is 0 Å². The van der Waals surface area contributed by atoms with E-state index in [1.165, 1.54) is 32.1 Å². The quantitative estimate of drug-likeness (QED) is 0.513. The minimum Gasteiger partial charge on any atom is -0.0596 e. The van der Waals surface area contributed by atoms with Crippen LogP contribution in [0.5, 0.6) is 0 Å². The van der Waals surface area contributed by atoms with Gasteiger partial charge in [-0.15, -0.1) is 0 Å². The summed E-state index contributed by atoms with van der Waals surface area (Å²) >= 11 is 0. The van der Waals surface area contributed by atoms with Gasteiger partial charge in [-0.2, -0.15) is 0 Å². The zero-order valence-electron chi connectivity index (χ0n) is 8.27. The van der Waals surface area contributed by atoms with E-state index in [0.29, 0.717) is 5.41 Å². The van der Waals surface area contributed by atoms with Gasteiger partial charge in [-0.05, 0) is 61.2 Å². The van der Waals surface area contributed by atoms with Crippen LogP contribution in [0, 0.1) is 29.1 Å². The average molecular weight is 163 g/mol. The Bertz CT molecular complexity index is 182. The maximum Gasteiger partial charge on any atom is -0.0284 e. The van der Waals surface area contributed by atoms with Gasteiger partial charge in [-0.25, -0.2) is 0 Å². The highest BCUT2D eigenvalue weighted by Gasteiger charge is 2.53. The molecule has 0 aromatic heterocycles. The van der Waals surface area contributed by atoms with Gasteiger partial charge >= 0.3 is 0 Å². The summed E-state index contributed by atoms with van der Waals surface area (Å²) in [5, 5.41) is 0. The molecule has 0 aromatic rings. The predicted octanol–water partition coefficient (Wildman–Crippen LogP) is 3.43. The van der Waals surface area contributed by atoms with Crippen molar-refractivity contribution in [3.8, 4) is 0 Å². The van der Waals surface area contributed by atoms with Crippen LogP contribution in [-0.4, -0.2) is 0 Å². The van der Waals surface area contributed by atoms with Gasteiger partial charge in [0.15, 0.2) is 0 Å². The number of rotatable bonds is 0. The van der Waals surface area contributed by atoms with E-state index in [2.05, 4.69) is 20.3 Å². The van der Waals surface area contributed by atoms with E-state index in [9.17, 15) is 0 Å². The predicted molar refractivity (Wildman–Crippen MR) is 50.6 cm³/mol. The summed E-state index contributed by atoms with van der Waals surface area (Å²) < 4.78 is 0. The molecule has 1 radical (unpaired) electrons. The number of hydrogen-bond donors (Lipinski definition) is 0. The van der Waals surface area contributed by atoms with Crippen LogP contribution in [-0.2, 0) is 0 Å². The maximum absolute atomic E-state index is 2.68. The molecule has 67 valence electrons. The van der Waals surface area contributed by atoms with E-state index >= 15 is 0 Å². The van der Waals surface area contributed by atoms with E-state index in [1.807, 2.05) is 0 Å². The topological polar surface area (TPSA) is 0 Å². The van der Waals surface area contributed by atoms with Gasteiger partial charge in [0.1, 0.15) is 0 Å². The molecule has 4 unspecified atom stereocenters. The summed E-state index contributed by atoms with van der Waals surface area (Å²) in [4.78, 5) is 0. The second-order valence-electron chi connectivity index (χ2n) is 6.28. The normalized spacial score (nSPS) is 62.5. The molecule has 4 fully saturated rings. The van der Waals surface area contributed by atoms with Gasteiger partial charge in [0.05, 0.1) is 0 Å². The summed E-state index contributed by atoms with van der Waals surface area (Å²) in [5.41, 5.74) is 1.37. The molecule has 0 nitrogen and oxygen atoms in total. The molecular formula is C12H19. The van der Waals surface area contributed by atoms with Crippen LogP contribution in [0.3, 0.4) is 0 Å². The summed E-state index contributed by atoms with van der Waals surface area (Å²) in [6, 6.07) is 0. The molecule has 0 amide bonds. The Hall–Kier alpha value is 0. The Kier molecular flexibility index (Phi) is 1.18. The standard InChI is InChI=1S/C12H19/c1-11-4-9-3-10(5-11)7-12(2,6-9)8-11/h4,9-10H,3,5-8H2,1-2H3. The third-order valence-corrected chi connectivity index (χ3v) is 4.40. The Morgan fingerprint density at radius 3 is 2.58 bits per heavy atom. The molecule has 0 N–H and O–H groups in total. The lowest BCUT2D eigenvalue weighted by molar-refractivity contribution is -0.0509.